The number of amides is 1. The first-order valence-corrected chi connectivity index (χ1v) is 13.1. The second-order valence-corrected chi connectivity index (χ2v) is 10.3. The van der Waals surface area contributed by atoms with Gasteiger partial charge in [-0.2, -0.15) is 4.31 Å². The van der Waals surface area contributed by atoms with Crippen molar-refractivity contribution in [3.8, 4) is 5.75 Å². The number of nitrogens with one attached hydrogen (secondary N) is 1. The van der Waals surface area contributed by atoms with Crippen molar-refractivity contribution in [3.63, 3.8) is 0 Å². The largest absolute Gasteiger partial charge is 0.489 e. The second kappa shape index (κ2) is 12.0. The summed E-state index contributed by atoms with van der Waals surface area (Å²) in [5.74, 6) is 0.781. The van der Waals surface area contributed by atoms with Crippen LogP contribution in [0.4, 0.5) is 0 Å². The zero-order chi connectivity index (χ0) is 24.5. The molecule has 0 saturated carbocycles. The van der Waals surface area contributed by atoms with Crippen LogP contribution >= 0.6 is 0 Å². The maximum atomic E-state index is 12.7. The van der Waals surface area contributed by atoms with E-state index in [9.17, 15) is 13.2 Å². The molecule has 0 radical (unpaired) electrons. The van der Waals surface area contributed by atoms with Crippen LogP contribution in [0.25, 0.3) is 0 Å². The molecule has 1 saturated heterocycles. The zero-order valence-corrected chi connectivity index (χ0v) is 20.4. The molecular formula is C27H30N2O5S. The Morgan fingerprint density at radius 1 is 0.857 bits per heavy atom. The van der Waals surface area contributed by atoms with E-state index in [1.165, 1.54) is 4.31 Å². The first kappa shape index (κ1) is 24.9. The number of carbonyl (C=O) groups is 1. The van der Waals surface area contributed by atoms with Crippen LogP contribution in [-0.4, -0.2) is 44.9 Å². The van der Waals surface area contributed by atoms with E-state index in [1.54, 1.807) is 24.3 Å². The molecule has 7 nitrogen and oxygen atoms in total. The number of sulfonamides is 1. The third-order valence-electron chi connectivity index (χ3n) is 5.83. The van der Waals surface area contributed by atoms with Crippen molar-refractivity contribution in [1.82, 2.24) is 9.62 Å². The maximum absolute atomic E-state index is 12.7. The van der Waals surface area contributed by atoms with Crippen LogP contribution in [-0.2, 0) is 39.1 Å². The van der Waals surface area contributed by atoms with Gasteiger partial charge in [0.2, 0.25) is 15.9 Å². The van der Waals surface area contributed by atoms with Gasteiger partial charge in [-0.25, -0.2) is 8.42 Å². The molecule has 3 aromatic carbocycles. The molecule has 8 heteroatoms. The van der Waals surface area contributed by atoms with Gasteiger partial charge in [0.1, 0.15) is 12.4 Å². The predicted octanol–water partition coefficient (Wildman–Crippen LogP) is 3.54. The third-order valence-corrected chi connectivity index (χ3v) is 7.75. The zero-order valence-electron chi connectivity index (χ0n) is 19.6. The van der Waals surface area contributed by atoms with Crippen LogP contribution in [0, 0.1) is 0 Å². The minimum absolute atomic E-state index is 0.0495. The molecule has 1 aliphatic heterocycles. The Kier molecular flexibility index (Phi) is 8.52. The highest BCUT2D eigenvalue weighted by Crippen LogP contribution is 2.18. The highest BCUT2D eigenvalue weighted by atomic mass is 32.2. The van der Waals surface area contributed by atoms with Crippen molar-refractivity contribution >= 4 is 15.9 Å². The molecule has 4 rings (SSSR count). The molecule has 0 unspecified atom stereocenters. The Labute approximate surface area is 206 Å². The Hall–Kier alpha value is -3.20. The van der Waals surface area contributed by atoms with E-state index < -0.39 is 10.0 Å². The highest BCUT2D eigenvalue weighted by molar-refractivity contribution is 7.89. The molecular weight excluding hydrogens is 464 g/mol. The van der Waals surface area contributed by atoms with Crippen LogP contribution in [0.15, 0.2) is 83.8 Å². The molecule has 0 spiro atoms. The second-order valence-electron chi connectivity index (χ2n) is 8.36. The number of ether oxygens (including phenoxy) is 2. The summed E-state index contributed by atoms with van der Waals surface area (Å²) in [5, 5.41) is 2.94. The minimum Gasteiger partial charge on any atom is -0.489 e. The van der Waals surface area contributed by atoms with Crippen LogP contribution in [0.1, 0.15) is 23.1 Å². The average Bonchev–Trinajstić information content (AvgIpc) is 2.91. The van der Waals surface area contributed by atoms with E-state index in [2.05, 4.69) is 5.32 Å². The van der Waals surface area contributed by atoms with E-state index in [-0.39, 0.29) is 10.8 Å². The van der Waals surface area contributed by atoms with Crippen molar-refractivity contribution in [2.45, 2.75) is 30.9 Å². The lowest BCUT2D eigenvalue weighted by atomic mass is 10.1. The van der Waals surface area contributed by atoms with Gasteiger partial charge in [0.25, 0.3) is 0 Å². The summed E-state index contributed by atoms with van der Waals surface area (Å²) in [6, 6.07) is 24.4. The molecule has 1 amide bonds. The SMILES string of the molecule is O=C(CCc1ccc(S(=O)(=O)N2CCOCC2)cc1)NCc1ccc(COc2ccccc2)cc1. The smallest absolute Gasteiger partial charge is 0.243 e. The van der Waals surface area contributed by atoms with Gasteiger partial charge >= 0.3 is 0 Å². The summed E-state index contributed by atoms with van der Waals surface area (Å²) in [6.07, 6.45) is 0.873. The molecule has 184 valence electrons. The molecule has 0 atom stereocenters. The number of nitrogens with zero attached hydrogens (tertiary/aromatic N) is 1. The number of para-hydroxylation sites is 1. The number of rotatable bonds is 10. The molecule has 0 aromatic heterocycles. The van der Waals surface area contributed by atoms with E-state index in [4.69, 9.17) is 9.47 Å². The monoisotopic (exact) mass is 494 g/mol. The van der Waals surface area contributed by atoms with Gasteiger partial charge in [-0.3, -0.25) is 4.79 Å². The van der Waals surface area contributed by atoms with Gasteiger partial charge in [-0.1, -0.05) is 54.6 Å². The molecule has 1 heterocycles. The van der Waals surface area contributed by atoms with Crippen LogP contribution in [0.5, 0.6) is 5.75 Å². The average molecular weight is 495 g/mol. The summed E-state index contributed by atoms with van der Waals surface area (Å²) in [5.41, 5.74) is 2.99. The fourth-order valence-electron chi connectivity index (χ4n) is 3.75. The van der Waals surface area contributed by atoms with Crippen LogP contribution in [0.2, 0.25) is 0 Å². The van der Waals surface area contributed by atoms with Crippen molar-refractivity contribution in [2.75, 3.05) is 26.3 Å². The third kappa shape index (κ3) is 7.14. The fourth-order valence-corrected chi connectivity index (χ4v) is 5.16. The number of carbonyl (C=O) groups excluding carboxylic acids is 1. The lowest BCUT2D eigenvalue weighted by Gasteiger charge is -2.26. The Balaban J connectivity index is 1.20. The lowest BCUT2D eigenvalue weighted by Crippen LogP contribution is -2.40. The topological polar surface area (TPSA) is 84.9 Å². The number of hydrogen-bond donors (Lipinski definition) is 1. The Bertz CT molecular complexity index is 1190. The summed E-state index contributed by atoms with van der Waals surface area (Å²) in [7, 11) is -3.50. The lowest BCUT2D eigenvalue weighted by molar-refractivity contribution is -0.121. The number of aryl methyl sites for hydroxylation is 1. The maximum Gasteiger partial charge on any atom is 0.243 e. The van der Waals surface area contributed by atoms with Crippen molar-refractivity contribution in [1.29, 1.82) is 0 Å². The summed E-state index contributed by atoms with van der Waals surface area (Å²) < 4.78 is 37.8. The molecule has 1 N–H and O–H groups in total. The predicted molar refractivity (Wildman–Crippen MR) is 133 cm³/mol. The highest BCUT2D eigenvalue weighted by Gasteiger charge is 2.26. The quantitative estimate of drug-likeness (QED) is 0.466. The fraction of sp³-hybridized carbons (Fsp3) is 0.296. The van der Waals surface area contributed by atoms with Gasteiger partial charge in [0.05, 0.1) is 18.1 Å². The van der Waals surface area contributed by atoms with Crippen molar-refractivity contribution in [3.05, 3.63) is 95.6 Å². The standard InChI is InChI=1S/C27H30N2O5S/c30-27(28-20-23-6-8-24(9-7-23)21-34-25-4-2-1-3-5-25)15-12-22-10-13-26(14-11-22)35(31,32)29-16-18-33-19-17-29/h1-11,13-14H,12,15-21H2,(H,28,30). The Morgan fingerprint density at radius 3 is 2.17 bits per heavy atom. The first-order valence-electron chi connectivity index (χ1n) is 11.7. The minimum atomic E-state index is -3.50. The van der Waals surface area contributed by atoms with Gasteiger partial charge in [-0.05, 0) is 47.4 Å². The number of benzene rings is 3. The van der Waals surface area contributed by atoms with Crippen LogP contribution < -0.4 is 10.1 Å². The molecule has 35 heavy (non-hydrogen) atoms. The molecule has 0 bridgehead atoms. The summed E-state index contributed by atoms with van der Waals surface area (Å²) >= 11 is 0. The van der Waals surface area contributed by atoms with Gasteiger partial charge < -0.3 is 14.8 Å². The van der Waals surface area contributed by atoms with Gasteiger partial charge in [-0.15, -0.1) is 0 Å². The Morgan fingerprint density at radius 2 is 1.49 bits per heavy atom. The molecule has 1 aliphatic rings. The van der Waals surface area contributed by atoms with E-state index in [0.29, 0.717) is 52.3 Å². The summed E-state index contributed by atoms with van der Waals surface area (Å²) in [6.45, 7) is 2.51. The number of hydrogen-bond acceptors (Lipinski definition) is 5. The molecule has 1 fully saturated rings. The van der Waals surface area contributed by atoms with Crippen LogP contribution in [0.3, 0.4) is 0 Å². The van der Waals surface area contributed by atoms with Gasteiger partial charge in [0, 0.05) is 26.1 Å². The first-order chi connectivity index (χ1) is 17.0. The van der Waals surface area contributed by atoms with E-state index in [1.807, 2.05) is 54.6 Å². The van der Waals surface area contributed by atoms with Crippen molar-refractivity contribution in [2.24, 2.45) is 0 Å². The van der Waals surface area contributed by atoms with Gasteiger partial charge in [0.15, 0.2) is 0 Å². The summed E-state index contributed by atoms with van der Waals surface area (Å²) in [4.78, 5) is 12.6. The number of morpholine rings is 1. The molecule has 3 aromatic rings. The normalized spacial score (nSPS) is 14.4. The van der Waals surface area contributed by atoms with E-state index in [0.717, 1.165) is 22.4 Å². The van der Waals surface area contributed by atoms with E-state index >= 15 is 0 Å². The van der Waals surface area contributed by atoms with Crippen molar-refractivity contribution < 1.29 is 22.7 Å². The molecule has 0 aliphatic carbocycles.